The molecule has 0 aliphatic carbocycles. The molecule has 4 atom stereocenters. The van der Waals surface area contributed by atoms with Gasteiger partial charge in [-0.25, -0.2) is 24.7 Å². The van der Waals surface area contributed by atoms with Crippen LogP contribution in [0.3, 0.4) is 0 Å². The third-order valence-electron chi connectivity index (χ3n) is 11.8. The molecule has 2 fully saturated rings. The normalized spacial score (nSPS) is 17.8. The van der Waals surface area contributed by atoms with E-state index in [0.717, 1.165) is 74.5 Å². The largest absolute Gasteiger partial charge is 0.453 e. The van der Waals surface area contributed by atoms with Crippen LogP contribution in [0.4, 0.5) is 4.79 Å². The smallest absolute Gasteiger partial charge is 0.407 e. The van der Waals surface area contributed by atoms with E-state index in [4.69, 9.17) is 4.74 Å². The Balaban J connectivity index is 0.952. The molecule has 4 heterocycles. The van der Waals surface area contributed by atoms with Crippen molar-refractivity contribution in [2.75, 3.05) is 34.3 Å². The Morgan fingerprint density at radius 1 is 0.767 bits per heavy atom. The minimum Gasteiger partial charge on any atom is -0.453 e. The zero-order chi connectivity index (χ0) is 42.1. The number of carbonyl (C=O) groups is 4. The maximum absolute atomic E-state index is 13.9. The number of methoxy groups -OCH3 is 1. The predicted molar refractivity (Wildman–Crippen MR) is 227 cm³/mol. The lowest BCUT2D eigenvalue weighted by molar-refractivity contribution is -0.393. The number of fused-ring (bicyclic) bond motifs is 1. The summed E-state index contributed by atoms with van der Waals surface area (Å²) in [7, 11) is 5.06. The number of hydrogen-bond donors (Lipinski definition) is 3. The molecule has 0 spiro atoms. The lowest BCUT2D eigenvalue weighted by atomic mass is 9.98. The van der Waals surface area contributed by atoms with Gasteiger partial charge in [-0.1, -0.05) is 74.5 Å². The third-order valence-corrected chi connectivity index (χ3v) is 11.8. The van der Waals surface area contributed by atoms with Crippen LogP contribution in [-0.2, 0) is 19.1 Å². The van der Waals surface area contributed by atoms with Crippen molar-refractivity contribution in [1.82, 2.24) is 30.0 Å². The second-order valence-electron chi connectivity index (χ2n) is 16.4. The molecule has 0 unspecified atom stereocenters. The number of aromatic amines is 4. The number of imidazole rings is 2. The molecule has 308 valence electrons. The van der Waals surface area contributed by atoms with Crippen LogP contribution in [0.25, 0.3) is 44.4 Å². The summed E-state index contributed by atoms with van der Waals surface area (Å²) in [4.78, 5) is 71.5. The molecule has 5 N–H and O–H groups in total. The third kappa shape index (κ3) is 8.04. The van der Waals surface area contributed by atoms with E-state index in [1.54, 1.807) is 4.90 Å². The molecule has 3 amide bonds. The van der Waals surface area contributed by atoms with Crippen molar-refractivity contribution in [3.63, 3.8) is 0 Å². The van der Waals surface area contributed by atoms with Gasteiger partial charge in [-0.2, -0.15) is 0 Å². The van der Waals surface area contributed by atoms with Gasteiger partial charge in [0.1, 0.15) is 36.6 Å². The fourth-order valence-corrected chi connectivity index (χ4v) is 8.68. The Kier molecular flexibility index (Phi) is 11.3. The minimum absolute atomic E-state index is 0.0326. The van der Waals surface area contributed by atoms with Gasteiger partial charge < -0.3 is 19.9 Å². The Morgan fingerprint density at radius 2 is 1.37 bits per heavy atom. The van der Waals surface area contributed by atoms with Crippen LogP contribution >= 0.6 is 0 Å². The average Bonchev–Trinajstić information content (AvgIpc) is 4.09. The molecule has 2 aromatic heterocycles. The number of likely N-dealkylation sites (tertiary alicyclic amines) is 2. The number of Topliss-reactive ketones (excluding diaryl/α,β-unsaturated/α-hetero) is 1. The summed E-state index contributed by atoms with van der Waals surface area (Å²) >= 11 is 0. The molecule has 0 bridgehead atoms. The minimum atomic E-state index is -0.675. The molecule has 2 aliphatic heterocycles. The quantitative estimate of drug-likeness (QED) is 0.139. The zero-order valence-electron chi connectivity index (χ0n) is 34.6. The maximum atomic E-state index is 13.9. The monoisotopic (exact) mass is 808 g/mol. The SMILES string of the molecule is COC(=O)N[C@H](C(=O)N1CCC[C@H]1c1[nH]c(-c2ccc3cc(-c4ccc(-c5c[nH+]c([C@@H]6CC(=O)CN6C(=O)[C@@H](c6ccccc6)N(C)C)[nH]5)cc4)ccc3c2)c[nH+]1)C(C)C. The molecule has 2 aliphatic rings. The number of rotatable bonds is 11. The molecule has 2 saturated heterocycles. The fraction of sp³-hybridized carbons (Fsp3) is 0.319. The van der Waals surface area contributed by atoms with E-state index in [0.29, 0.717) is 6.54 Å². The number of hydrogen-bond acceptors (Lipinski definition) is 6. The van der Waals surface area contributed by atoms with E-state index in [2.05, 4.69) is 85.9 Å². The van der Waals surface area contributed by atoms with Crippen molar-refractivity contribution >= 4 is 34.5 Å². The van der Waals surface area contributed by atoms with E-state index < -0.39 is 24.2 Å². The van der Waals surface area contributed by atoms with Crippen LogP contribution in [0.1, 0.15) is 68.4 Å². The van der Waals surface area contributed by atoms with Gasteiger partial charge in [0.05, 0.1) is 13.7 Å². The second-order valence-corrected chi connectivity index (χ2v) is 16.4. The van der Waals surface area contributed by atoms with Gasteiger partial charge in [0, 0.05) is 24.1 Å². The Hall–Kier alpha value is -6.60. The van der Waals surface area contributed by atoms with Crippen molar-refractivity contribution in [3.8, 4) is 33.6 Å². The van der Waals surface area contributed by atoms with E-state index in [1.165, 1.54) is 7.11 Å². The van der Waals surface area contributed by atoms with Gasteiger partial charge >= 0.3 is 6.09 Å². The lowest BCUT2D eigenvalue weighted by Crippen LogP contribution is -2.51. The van der Waals surface area contributed by atoms with E-state index in [1.807, 2.05) is 80.5 Å². The molecule has 60 heavy (non-hydrogen) atoms. The molecule has 13 heteroatoms. The number of ether oxygens (including phenoxy) is 1. The number of ketones is 1. The molecule has 0 radical (unpaired) electrons. The highest BCUT2D eigenvalue weighted by Crippen LogP contribution is 2.35. The molecular formula is C47H52N8O5+2. The highest BCUT2D eigenvalue weighted by atomic mass is 16.5. The predicted octanol–water partition coefficient (Wildman–Crippen LogP) is 6.31. The standard InChI is InChI=1S/C47H50N8O5/c1-28(2)41(52-47(59)60-5)45(57)54-21-9-12-39(54)43-48-26-38(51-43)35-20-19-33-22-32(17-18-34(33)23-35)29-13-15-30(16-14-29)37-25-49-44(50-37)40-24-36(56)27-55(40)46(58)42(53(3)4)31-10-7-6-8-11-31/h6-8,10-11,13-20,22-23,25-26,28,39-42H,9,12,21,24,27H2,1-5H3,(H,48,51)(H,49,50)(H,52,59)/p+2/t39-,40-,41-,42+/m0/s1. The summed E-state index contributed by atoms with van der Waals surface area (Å²) < 4.78 is 4.78. The van der Waals surface area contributed by atoms with E-state index in [-0.39, 0.29) is 42.5 Å². The van der Waals surface area contributed by atoms with Crippen molar-refractivity contribution in [2.24, 2.45) is 5.92 Å². The van der Waals surface area contributed by atoms with Crippen LogP contribution in [0.2, 0.25) is 0 Å². The summed E-state index contributed by atoms with van der Waals surface area (Å²) in [6, 6.07) is 29.1. The Bertz CT molecular complexity index is 2530. The number of amides is 3. The summed E-state index contributed by atoms with van der Waals surface area (Å²) in [6.07, 6.45) is 5.16. The molecular weight excluding hydrogens is 757 g/mol. The van der Waals surface area contributed by atoms with Gasteiger partial charge in [0.15, 0.2) is 17.2 Å². The van der Waals surface area contributed by atoms with Crippen LogP contribution < -0.4 is 15.3 Å². The van der Waals surface area contributed by atoms with Crippen LogP contribution in [0.5, 0.6) is 0 Å². The van der Waals surface area contributed by atoms with Gasteiger partial charge in [-0.15, -0.1) is 0 Å². The zero-order valence-corrected chi connectivity index (χ0v) is 34.6. The summed E-state index contributed by atoms with van der Waals surface area (Å²) in [6.45, 7) is 4.52. The summed E-state index contributed by atoms with van der Waals surface area (Å²) in [5.41, 5.74) is 6.86. The number of carbonyl (C=O) groups excluding carboxylic acids is 4. The van der Waals surface area contributed by atoms with Gasteiger partial charge in [-0.3, -0.25) is 19.3 Å². The number of nitrogens with one attached hydrogen (secondary N) is 5. The number of likely N-dealkylation sites (N-methyl/N-ethyl adjacent to an activating group) is 1. The van der Waals surface area contributed by atoms with E-state index >= 15 is 0 Å². The topological polar surface area (TPSA) is 159 Å². The number of alkyl carbamates (subject to hydrolysis) is 1. The summed E-state index contributed by atoms with van der Waals surface area (Å²) in [5.74, 6) is 1.29. The highest BCUT2D eigenvalue weighted by molar-refractivity contribution is 5.93. The molecule has 4 aromatic carbocycles. The van der Waals surface area contributed by atoms with Gasteiger partial charge in [0.25, 0.3) is 11.6 Å². The number of H-pyrrole nitrogens is 4. The van der Waals surface area contributed by atoms with Crippen LogP contribution in [-0.4, -0.2) is 88.7 Å². The Labute approximate surface area is 349 Å². The van der Waals surface area contributed by atoms with Gasteiger partial charge in [-0.05, 0) is 90.6 Å². The van der Waals surface area contributed by atoms with Crippen LogP contribution in [0, 0.1) is 5.92 Å². The van der Waals surface area contributed by atoms with Crippen molar-refractivity contribution in [3.05, 3.63) is 121 Å². The maximum Gasteiger partial charge on any atom is 0.407 e. The first-order chi connectivity index (χ1) is 29.0. The first kappa shape index (κ1) is 40.2. The molecule has 13 nitrogen and oxygen atoms in total. The molecule has 8 rings (SSSR count). The van der Waals surface area contributed by atoms with Crippen molar-refractivity contribution in [1.29, 1.82) is 0 Å². The first-order valence-corrected chi connectivity index (χ1v) is 20.5. The van der Waals surface area contributed by atoms with Crippen molar-refractivity contribution < 1.29 is 33.9 Å². The number of nitrogens with zero attached hydrogens (tertiary/aromatic N) is 3. The van der Waals surface area contributed by atoms with E-state index in [9.17, 15) is 19.2 Å². The Morgan fingerprint density at radius 3 is 2.02 bits per heavy atom. The van der Waals surface area contributed by atoms with Crippen LogP contribution in [0.15, 0.2) is 103 Å². The first-order valence-electron chi connectivity index (χ1n) is 20.5. The lowest BCUT2D eigenvalue weighted by Gasteiger charge is -2.30. The average molecular weight is 809 g/mol. The molecule has 6 aromatic rings. The fourth-order valence-electron chi connectivity index (χ4n) is 8.68. The number of aromatic nitrogens is 4. The second kappa shape index (κ2) is 16.9. The summed E-state index contributed by atoms with van der Waals surface area (Å²) in [5, 5.41) is 4.93. The number of benzene rings is 4. The van der Waals surface area contributed by atoms with Gasteiger partial charge in [0.2, 0.25) is 11.8 Å². The molecule has 0 saturated carbocycles. The van der Waals surface area contributed by atoms with Crippen molar-refractivity contribution in [2.45, 2.75) is 57.3 Å². The highest BCUT2D eigenvalue weighted by Gasteiger charge is 2.43.